The summed E-state index contributed by atoms with van der Waals surface area (Å²) in [5.74, 6) is -0.591. The largest absolute Gasteiger partial charge is 0.460 e. The van der Waals surface area contributed by atoms with Gasteiger partial charge in [-0.1, -0.05) is 18.2 Å². The number of carbonyl (C=O) groups is 2. The lowest BCUT2D eigenvalue weighted by molar-refractivity contribution is -0.155. The van der Waals surface area contributed by atoms with Crippen molar-refractivity contribution in [2.75, 3.05) is 12.4 Å². The van der Waals surface area contributed by atoms with Crippen molar-refractivity contribution in [2.24, 2.45) is 0 Å². The Morgan fingerprint density at radius 3 is 2.43 bits per heavy atom. The molecule has 5 nitrogen and oxygen atoms in total. The average Bonchev–Trinajstić information content (AvgIpc) is 2.37. The van der Waals surface area contributed by atoms with E-state index in [2.05, 4.69) is 5.32 Å². The lowest BCUT2D eigenvalue weighted by Crippen LogP contribution is -2.24. The quantitative estimate of drug-likeness (QED) is 0.819. The molecule has 1 rings (SSSR count). The van der Waals surface area contributed by atoms with Gasteiger partial charge in [0.1, 0.15) is 5.60 Å². The highest BCUT2D eigenvalue weighted by Gasteiger charge is 2.17. The number of hydrogen-bond acceptors (Lipinski definition) is 4. The van der Waals surface area contributed by atoms with Crippen molar-refractivity contribution >= 4 is 17.6 Å². The van der Waals surface area contributed by atoms with Crippen LogP contribution in [0.5, 0.6) is 0 Å². The van der Waals surface area contributed by atoms with E-state index in [1.807, 2.05) is 18.2 Å². The van der Waals surface area contributed by atoms with Crippen LogP contribution in [0.15, 0.2) is 24.3 Å². The molecule has 1 amide bonds. The Hall–Kier alpha value is -1.88. The molecule has 0 saturated carbocycles. The van der Waals surface area contributed by atoms with E-state index in [0.29, 0.717) is 12.3 Å². The van der Waals surface area contributed by atoms with Crippen LogP contribution in [0.25, 0.3) is 0 Å². The van der Waals surface area contributed by atoms with Gasteiger partial charge in [-0.2, -0.15) is 0 Å². The van der Waals surface area contributed by atoms with E-state index in [1.54, 1.807) is 33.9 Å². The second-order valence-corrected chi connectivity index (χ2v) is 5.72. The molecule has 21 heavy (non-hydrogen) atoms. The second-order valence-electron chi connectivity index (χ2n) is 5.72. The molecular weight excluding hydrogens is 270 g/mol. The van der Waals surface area contributed by atoms with Crippen LogP contribution in [0.4, 0.5) is 5.69 Å². The predicted octanol–water partition coefficient (Wildman–Crippen LogP) is 2.89. The van der Waals surface area contributed by atoms with Gasteiger partial charge < -0.3 is 14.8 Å². The van der Waals surface area contributed by atoms with Gasteiger partial charge in [0.2, 0.25) is 5.91 Å². The third-order valence-corrected chi connectivity index (χ3v) is 2.57. The van der Waals surface area contributed by atoms with Crippen LogP contribution in [0.3, 0.4) is 0 Å². The monoisotopic (exact) mass is 293 g/mol. The van der Waals surface area contributed by atoms with Crippen LogP contribution in [0.1, 0.15) is 39.2 Å². The molecule has 1 aromatic carbocycles. The van der Waals surface area contributed by atoms with Crippen molar-refractivity contribution in [3.63, 3.8) is 0 Å². The fraction of sp³-hybridized carbons (Fsp3) is 0.500. The second kappa shape index (κ2) is 7.78. The van der Waals surface area contributed by atoms with E-state index in [1.165, 1.54) is 0 Å². The number of hydrogen-bond donors (Lipinski definition) is 1. The highest BCUT2D eigenvalue weighted by atomic mass is 16.6. The maximum Gasteiger partial charge on any atom is 0.306 e. The number of benzene rings is 1. The molecule has 0 saturated heterocycles. The van der Waals surface area contributed by atoms with Crippen molar-refractivity contribution in [1.29, 1.82) is 0 Å². The minimum atomic E-state index is -0.529. The summed E-state index contributed by atoms with van der Waals surface area (Å²) < 4.78 is 10.2. The van der Waals surface area contributed by atoms with E-state index in [4.69, 9.17) is 9.47 Å². The molecule has 0 aromatic heterocycles. The molecule has 116 valence electrons. The third-order valence-electron chi connectivity index (χ3n) is 2.57. The normalized spacial score (nSPS) is 11.0. The lowest BCUT2D eigenvalue weighted by atomic mass is 10.1. The molecule has 0 aliphatic rings. The first-order valence-electron chi connectivity index (χ1n) is 6.90. The molecule has 5 heteroatoms. The standard InChI is InChI=1S/C16H23NO4/c1-16(2,3)21-15(19)10-9-14(18)17-13-8-6-5-7-12(13)11-20-4/h5-8H,9-11H2,1-4H3,(H,17,18). The summed E-state index contributed by atoms with van der Waals surface area (Å²) in [6.45, 7) is 5.81. The summed E-state index contributed by atoms with van der Waals surface area (Å²) in [5, 5.41) is 2.79. The first kappa shape index (κ1) is 17.2. The molecule has 0 bridgehead atoms. The smallest absolute Gasteiger partial charge is 0.306 e. The number of rotatable bonds is 6. The Labute approximate surface area is 125 Å². The minimum absolute atomic E-state index is 0.0650. The molecule has 1 N–H and O–H groups in total. The lowest BCUT2D eigenvalue weighted by Gasteiger charge is -2.19. The molecular formula is C16H23NO4. The molecule has 0 fully saturated rings. The fourth-order valence-electron chi connectivity index (χ4n) is 1.74. The zero-order valence-corrected chi connectivity index (χ0v) is 13.1. The Bertz CT molecular complexity index is 491. The maximum absolute atomic E-state index is 11.9. The summed E-state index contributed by atoms with van der Waals surface area (Å²) in [7, 11) is 1.60. The highest BCUT2D eigenvalue weighted by Crippen LogP contribution is 2.16. The van der Waals surface area contributed by atoms with Crippen molar-refractivity contribution in [3.05, 3.63) is 29.8 Å². The molecule has 0 aliphatic carbocycles. The minimum Gasteiger partial charge on any atom is -0.460 e. The van der Waals surface area contributed by atoms with Crippen molar-refractivity contribution in [2.45, 2.75) is 45.8 Å². The Morgan fingerprint density at radius 2 is 1.81 bits per heavy atom. The number of ether oxygens (including phenoxy) is 2. The highest BCUT2D eigenvalue weighted by molar-refractivity contribution is 5.93. The summed E-state index contributed by atoms with van der Waals surface area (Å²) in [4.78, 5) is 23.4. The van der Waals surface area contributed by atoms with Gasteiger partial charge in [0.15, 0.2) is 0 Å². The molecule has 0 aliphatic heterocycles. The van der Waals surface area contributed by atoms with Gasteiger partial charge in [0.25, 0.3) is 0 Å². The number of methoxy groups -OCH3 is 1. The zero-order chi connectivity index (χ0) is 15.9. The first-order valence-corrected chi connectivity index (χ1v) is 6.90. The van der Waals surface area contributed by atoms with E-state index in [9.17, 15) is 9.59 Å². The Morgan fingerprint density at radius 1 is 1.14 bits per heavy atom. The fourth-order valence-corrected chi connectivity index (χ4v) is 1.74. The van der Waals surface area contributed by atoms with Crippen molar-refractivity contribution in [1.82, 2.24) is 0 Å². The Balaban J connectivity index is 2.49. The van der Waals surface area contributed by atoms with Crippen molar-refractivity contribution in [3.8, 4) is 0 Å². The van der Waals surface area contributed by atoms with Crippen LogP contribution in [-0.2, 0) is 25.7 Å². The molecule has 0 radical (unpaired) electrons. The van der Waals surface area contributed by atoms with Gasteiger partial charge in [-0.25, -0.2) is 0 Å². The van der Waals surface area contributed by atoms with Gasteiger partial charge in [0, 0.05) is 24.8 Å². The van der Waals surface area contributed by atoms with E-state index < -0.39 is 5.60 Å². The molecule has 0 heterocycles. The van der Waals surface area contributed by atoms with Gasteiger partial charge in [0.05, 0.1) is 13.0 Å². The number of carbonyl (C=O) groups excluding carboxylic acids is 2. The van der Waals surface area contributed by atoms with Crippen LogP contribution in [-0.4, -0.2) is 24.6 Å². The molecule has 0 unspecified atom stereocenters. The molecule has 0 atom stereocenters. The summed E-state index contributed by atoms with van der Waals surface area (Å²) in [6, 6.07) is 7.40. The number of amides is 1. The number of nitrogens with one attached hydrogen (secondary N) is 1. The first-order chi connectivity index (χ1) is 9.81. The topological polar surface area (TPSA) is 64.6 Å². The van der Waals surface area contributed by atoms with E-state index in [0.717, 1.165) is 5.56 Å². The average molecular weight is 293 g/mol. The molecule has 1 aromatic rings. The van der Waals surface area contributed by atoms with Gasteiger partial charge in [-0.05, 0) is 26.8 Å². The van der Waals surface area contributed by atoms with Crippen molar-refractivity contribution < 1.29 is 19.1 Å². The number of para-hydroxylation sites is 1. The predicted molar refractivity (Wildman–Crippen MR) is 80.9 cm³/mol. The molecule has 0 spiro atoms. The van der Waals surface area contributed by atoms with Gasteiger partial charge >= 0.3 is 5.97 Å². The summed E-state index contributed by atoms with van der Waals surface area (Å²) >= 11 is 0. The van der Waals surface area contributed by atoms with Gasteiger partial charge in [-0.15, -0.1) is 0 Å². The van der Waals surface area contributed by atoms with Crippen LogP contribution >= 0.6 is 0 Å². The number of anilines is 1. The van der Waals surface area contributed by atoms with Crippen LogP contribution in [0.2, 0.25) is 0 Å². The third kappa shape index (κ3) is 6.90. The summed E-state index contributed by atoms with van der Waals surface area (Å²) in [5.41, 5.74) is 1.07. The van der Waals surface area contributed by atoms with E-state index in [-0.39, 0.29) is 24.7 Å². The summed E-state index contributed by atoms with van der Waals surface area (Å²) in [6.07, 6.45) is 0.159. The number of esters is 1. The van der Waals surface area contributed by atoms with Crippen LogP contribution < -0.4 is 5.32 Å². The van der Waals surface area contributed by atoms with Crippen LogP contribution in [0, 0.1) is 0 Å². The maximum atomic E-state index is 11.9. The SMILES string of the molecule is COCc1ccccc1NC(=O)CCC(=O)OC(C)(C)C. The van der Waals surface area contributed by atoms with Gasteiger partial charge in [-0.3, -0.25) is 9.59 Å². The van der Waals surface area contributed by atoms with E-state index >= 15 is 0 Å². The Kier molecular flexibility index (Phi) is 6.37. The zero-order valence-electron chi connectivity index (χ0n) is 13.1.